The smallest absolute Gasteiger partial charge is 0.163 e. The van der Waals surface area contributed by atoms with E-state index in [1.807, 2.05) is 6.92 Å². The zero-order valence-corrected chi connectivity index (χ0v) is 12.0. The molecular formula is C15H22FNO2. The molecule has 19 heavy (non-hydrogen) atoms. The third-order valence-corrected chi connectivity index (χ3v) is 3.00. The molecule has 3 nitrogen and oxygen atoms in total. The fourth-order valence-electron chi connectivity index (χ4n) is 2.11. The largest absolute Gasteiger partial charge is 0.507 e. The van der Waals surface area contributed by atoms with Crippen molar-refractivity contribution in [3.8, 4) is 5.75 Å². The van der Waals surface area contributed by atoms with Crippen LogP contribution in [-0.4, -0.2) is 28.9 Å². The Kier molecular flexibility index (Phi) is 5.48. The third kappa shape index (κ3) is 4.31. The number of phenolic OH excluding ortho intramolecular Hbond substituents is 1. The molecule has 0 radical (unpaired) electrons. The number of nitrogens with zero attached hydrogens (tertiary/aromatic N) is 1. The highest BCUT2D eigenvalue weighted by Gasteiger charge is 2.16. The van der Waals surface area contributed by atoms with Crippen LogP contribution < -0.4 is 0 Å². The molecule has 0 atom stereocenters. The summed E-state index contributed by atoms with van der Waals surface area (Å²) < 4.78 is 13.5. The molecule has 1 rings (SSSR count). The molecule has 1 aromatic carbocycles. The molecule has 0 heterocycles. The van der Waals surface area contributed by atoms with Crippen LogP contribution in [-0.2, 0) is 6.54 Å². The SMILES string of the molecule is CCN(Cc1cc(F)cc(C(C)=O)c1O)CC(C)C. The molecule has 0 spiro atoms. The van der Waals surface area contributed by atoms with E-state index in [0.717, 1.165) is 19.2 Å². The van der Waals surface area contributed by atoms with Gasteiger partial charge in [0.05, 0.1) is 5.56 Å². The Bertz CT molecular complexity index is 458. The number of phenols is 1. The van der Waals surface area contributed by atoms with Crippen LogP contribution >= 0.6 is 0 Å². The topological polar surface area (TPSA) is 40.5 Å². The summed E-state index contributed by atoms with van der Waals surface area (Å²) in [7, 11) is 0. The normalized spacial score (nSPS) is 11.3. The predicted octanol–water partition coefficient (Wildman–Crippen LogP) is 3.21. The van der Waals surface area contributed by atoms with Crippen molar-refractivity contribution in [1.82, 2.24) is 4.90 Å². The third-order valence-electron chi connectivity index (χ3n) is 3.00. The highest BCUT2D eigenvalue weighted by Crippen LogP contribution is 2.26. The number of Topliss-reactive ketones (excluding diaryl/α,β-unsaturated/α-hetero) is 1. The van der Waals surface area contributed by atoms with Gasteiger partial charge in [-0.1, -0.05) is 20.8 Å². The zero-order valence-electron chi connectivity index (χ0n) is 12.0. The fourth-order valence-corrected chi connectivity index (χ4v) is 2.11. The summed E-state index contributed by atoms with van der Waals surface area (Å²) in [6.07, 6.45) is 0. The van der Waals surface area contributed by atoms with Crippen molar-refractivity contribution in [2.45, 2.75) is 34.2 Å². The van der Waals surface area contributed by atoms with Crippen molar-refractivity contribution in [2.24, 2.45) is 5.92 Å². The summed E-state index contributed by atoms with van der Waals surface area (Å²) >= 11 is 0. The number of ketones is 1. The lowest BCUT2D eigenvalue weighted by Crippen LogP contribution is -2.27. The Morgan fingerprint density at radius 2 is 2.05 bits per heavy atom. The molecule has 0 bridgehead atoms. The van der Waals surface area contributed by atoms with Crippen molar-refractivity contribution in [2.75, 3.05) is 13.1 Å². The predicted molar refractivity (Wildman–Crippen MR) is 73.9 cm³/mol. The van der Waals surface area contributed by atoms with E-state index in [1.54, 1.807) is 0 Å². The van der Waals surface area contributed by atoms with Gasteiger partial charge in [-0.15, -0.1) is 0 Å². The molecular weight excluding hydrogens is 245 g/mol. The van der Waals surface area contributed by atoms with Gasteiger partial charge < -0.3 is 5.11 Å². The highest BCUT2D eigenvalue weighted by molar-refractivity contribution is 5.97. The Hall–Kier alpha value is -1.42. The lowest BCUT2D eigenvalue weighted by Gasteiger charge is -2.23. The number of aromatic hydroxyl groups is 1. The molecule has 0 aliphatic carbocycles. The number of hydrogen-bond donors (Lipinski definition) is 1. The van der Waals surface area contributed by atoms with E-state index in [-0.39, 0.29) is 17.1 Å². The van der Waals surface area contributed by atoms with Crippen LogP contribution in [0.15, 0.2) is 12.1 Å². The van der Waals surface area contributed by atoms with Gasteiger partial charge >= 0.3 is 0 Å². The summed E-state index contributed by atoms with van der Waals surface area (Å²) in [5.74, 6) is -0.428. The average molecular weight is 267 g/mol. The van der Waals surface area contributed by atoms with Gasteiger partial charge in [-0.05, 0) is 31.5 Å². The molecule has 106 valence electrons. The van der Waals surface area contributed by atoms with E-state index in [4.69, 9.17) is 0 Å². The summed E-state index contributed by atoms with van der Waals surface area (Å²) in [6.45, 7) is 9.67. The van der Waals surface area contributed by atoms with E-state index in [0.29, 0.717) is 18.0 Å². The first-order valence-electron chi connectivity index (χ1n) is 6.59. The van der Waals surface area contributed by atoms with E-state index in [9.17, 15) is 14.3 Å². The van der Waals surface area contributed by atoms with Gasteiger partial charge in [0.2, 0.25) is 0 Å². The van der Waals surface area contributed by atoms with Crippen LogP contribution in [0.2, 0.25) is 0 Å². The van der Waals surface area contributed by atoms with Gasteiger partial charge in [-0.25, -0.2) is 4.39 Å². The zero-order chi connectivity index (χ0) is 14.6. The fraction of sp³-hybridized carbons (Fsp3) is 0.533. The van der Waals surface area contributed by atoms with E-state index in [2.05, 4.69) is 18.7 Å². The van der Waals surface area contributed by atoms with Crippen LogP contribution in [0, 0.1) is 11.7 Å². The number of hydrogen-bond acceptors (Lipinski definition) is 3. The second-order valence-electron chi connectivity index (χ2n) is 5.24. The number of carbonyl (C=O) groups is 1. The lowest BCUT2D eigenvalue weighted by atomic mass is 10.0. The molecule has 0 saturated heterocycles. The molecule has 0 aliphatic heterocycles. The first-order valence-corrected chi connectivity index (χ1v) is 6.59. The van der Waals surface area contributed by atoms with Crippen LogP contribution in [0.25, 0.3) is 0 Å². The summed E-state index contributed by atoms with van der Waals surface area (Å²) in [6, 6.07) is 2.38. The number of rotatable bonds is 6. The average Bonchev–Trinajstić information content (AvgIpc) is 2.31. The van der Waals surface area contributed by atoms with Crippen LogP contribution in [0.4, 0.5) is 4.39 Å². The standard InChI is InChI=1S/C15H22FNO2/c1-5-17(8-10(2)3)9-12-6-13(16)7-14(11(4)18)15(12)19/h6-7,10,19H,5,8-9H2,1-4H3. The Morgan fingerprint density at radius 1 is 1.42 bits per heavy atom. The van der Waals surface area contributed by atoms with Crippen molar-refractivity contribution in [1.29, 1.82) is 0 Å². The van der Waals surface area contributed by atoms with Crippen LogP contribution in [0.1, 0.15) is 43.6 Å². The molecule has 0 unspecified atom stereocenters. The maximum Gasteiger partial charge on any atom is 0.163 e. The van der Waals surface area contributed by atoms with Gasteiger partial charge in [-0.2, -0.15) is 0 Å². The molecule has 1 N–H and O–H groups in total. The first-order chi connectivity index (χ1) is 8.85. The summed E-state index contributed by atoms with van der Waals surface area (Å²) in [4.78, 5) is 13.5. The molecule has 0 amide bonds. The maximum atomic E-state index is 13.5. The van der Waals surface area contributed by atoms with Crippen molar-refractivity contribution in [3.05, 3.63) is 29.1 Å². The van der Waals surface area contributed by atoms with E-state index in [1.165, 1.54) is 13.0 Å². The molecule has 0 aromatic heterocycles. The summed E-state index contributed by atoms with van der Waals surface area (Å²) in [5, 5.41) is 10.0. The van der Waals surface area contributed by atoms with Gasteiger partial charge in [0.25, 0.3) is 0 Å². The summed E-state index contributed by atoms with van der Waals surface area (Å²) in [5.41, 5.74) is 0.517. The number of carbonyl (C=O) groups excluding carboxylic acids is 1. The van der Waals surface area contributed by atoms with Crippen molar-refractivity contribution < 1.29 is 14.3 Å². The van der Waals surface area contributed by atoms with Gasteiger partial charge in [0.1, 0.15) is 11.6 Å². The molecule has 4 heteroatoms. The van der Waals surface area contributed by atoms with Crippen LogP contribution in [0.5, 0.6) is 5.75 Å². The number of halogens is 1. The van der Waals surface area contributed by atoms with Gasteiger partial charge in [0.15, 0.2) is 5.78 Å². The maximum absolute atomic E-state index is 13.5. The van der Waals surface area contributed by atoms with Crippen LogP contribution in [0.3, 0.4) is 0 Å². The lowest BCUT2D eigenvalue weighted by molar-refractivity contribution is 0.101. The first kappa shape index (κ1) is 15.6. The minimum atomic E-state index is -0.487. The Morgan fingerprint density at radius 3 is 2.53 bits per heavy atom. The molecule has 1 aromatic rings. The monoisotopic (exact) mass is 267 g/mol. The second-order valence-corrected chi connectivity index (χ2v) is 5.24. The van der Waals surface area contributed by atoms with Crippen molar-refractivity contribution in [3.63, 3.8) is 0 Å². The Labute approximate surface area is 114 Å². The minimum absolute atomic E-state index is 0.0515. The molecule has 0 fully saturated rings. The van der Waals surface area contributed by atoms with E-state index < -0.39 is 5.82 Å². The molecule has 0 aliphatic rings. The second kappa shape index (κ2) is 6.66. The van der Waals surface area contributed by atoms with Crippen molar-refractivity contribution >= 4 is 5.78 Å². The number of benzene rings is 1. The van der Waals surface area contributed by atoms with Gasteiger partial charge in [0, 0.05) is 18.7 Å². The van der Waals surface area contributed by atoms with E-state index >= 15 is 0 Å². The van der Waals surface area contributed by atoms with Gasteiger partial charge in [-0.3, -0.25) is 9.69 Å². The highest BCUT2D eigenvalue weighted by atomic mass is 19.1. The minimum Gasteiger partial charge on any atom is -0.507 e. The quantitative estimate of drug-likeness (QED) is 0.805. The Balaban J connectivity index is 3.03. The molecule has 0 saturated carbocycles.